The predicted octanol–water partition coefficient (Wildman–Crippen LogP) is 5.89. The first-order valence-corrected chi connectivity index (χ1v) is 7.43. The van der Waals surface area contributed by atoms with Gasteiger partial charge in [-0.15, -0.1) is 0 Å². The second-order valence-corrected chi connectivity index (χ2v) is 6.10. The third-order valence-electron chi connectivity index (χ3n) is 3.33. The van der Waals surface area contributed by atoms with Crippen molar-refractivity contribution in [3.8, 4) is 0 Å². The molecule has 0 aliphatic carbocycles. The molecule has 19 heavy (non-hydrogen) atoms. The first-order valence-electron chi connectivity index (χ1n) is 6.26. The van der Waals surface area contributed by atoms with Crippen molar-refractivity contribution in [1.29, 1.82) is 0 Å². The molecule has 2 rings (SSSR count). The first-order chi connectivity index (χ1) is 8.97. The smallest absolute Gasteiger partial charge is 0.0549 e. The lowest BCUT2D eigenvalue weighted by atomic mass is 10.0. The van der Waals surface area contributed by atoms with E-state index in [2.05, 4.69) is 60.2 Å². The van der Waals surface area contributed by atoms with Crippen LogP contribution >= 0.6 is 27.5 Å². The van der Waals surface area contributed by atoms with Crippen LogP contribution in [0, 0.1) is 13.8 Å². The lowest BCUT2D eigenvalue weighted by Gasteiger charge is -2.17. The number of rotatable bonds is 3. The molecule has 0 saturated carbocycles. The van der Waals surface area contributed by atoms with E-state index < -0.39 is 0 Å². The number of halogens is 2. The van der Waals surface area contributed by atoms with Crippen molar-refractivity contribution in [2.75, 3.05) is 5.32 Å². The molecule has 0 heterocycles. The highest BCUT2D eigenvalue weighted by molar-refractivity contribution is 9.10. The summed E-state index contributed by atoms with van der Waals surface area (Å²) in [5, 5.41) is 4.21. The Labute approximate surface area is 128 Å². The number of benzene rings is 2. The Kier molecular flexibility index (Phi) is 4.54. The maximum absolute atomic E-state index is 6.00. The largest absolute Gasteiger partial charge is 0.378 e. The third kappa shape index (κ3) is 3.52. The van der Waals surface area contributed by atoms with Crippen molar-refractivity contribution < 1.29 is 0 Å². The Balaban J connectivity index is 2.17. The van der Waals surface area contributed by atoms with Gasteiger partial charge >= 0.3 is 0 Å². The quantitative estimate of drug-likeness (QED) is 0.735. The number of anilines is 1. The highest BCUT2D eigenvalue weighted by Gasteiger charge is 2.07. The van der Waals surface area contributed by atoms with E-state index in [1.54, 1.807) is 0 Å². The SMILES string of the molecule is Cc1ccc(C(C)Nc2ccc(Cl)c(Br)c2)cc1C. The highest BCUT2D eigenvalue weighted by atomic mass is 79.9. The van der Waals surface area contributed by atoms with Crippen LogP contribution in [0.5, 0.6) is 0 Å². The van der Waals surface area contributed by atoms with Gasteiger partial charge in [0.15, 0.2) is 0 Å². The van der Waals surface area contributed by atoms with Gasteiger partial charge in [0.25, 0.3) is 0 Å². The average molecular weight is 339 g/mol. The lowest BCUT2D eigenvalue weighted by molar-refractivity contribution is 0.881. The summed E-state index contributed by atoms with van der Waals surface area (Å²) in [6.07, 6.45) is 0. The summed E-state index contributed by atoms with van der Waals surface area (Å²) < 4.78 is 0.909. The summed E-state index contributed by atoms with van der Waals surface area (Å²) in [5.74, 6) is 0. The summed E-state index contributed by atoms with van der Waals surface area (Å²) in [7, 11) is 0. The van der Waals surface area contributed by atoms with Gasteiger partial charge < -0.3 is 5.32 Å². The Morgan fingerprint density at radius 2 is 1.79 bits per heavy atom. The Bertz CT molecular complexity index is 595. The number of nitrogens with one attached hydrogen (secondary N) is 1. The fraction of sp³-hybridized carbons (Fsp3) is 0.250. The average Bonchev–Trinajstić information content (AvgIpc) is 2.37. The van der Waals surface area contributed by atoms with Crippen LogP contribution in [0.25, 0.3) is 0 Å². The molecule has 1 N–H and O–H groups in total. The van der Waals surface area contributed by atoms with Gasteiger partial charge in [-0.2, -0.15) is 0 Å². The summed E-state index contributed by atoms with van der Waals surface area (Å²) in [6, 6.07) is 12.7. The van der Waals surface area contributed by atoms with Crippen molar-refractivity contribution in [3.63, 3.8) is 0 Å². The lowest BCUT2D eigenvalue weighted by Crippen LogP contribution is -2.07. The van der Waals surface area contributed by atoms with Crippen LogP contribution in [0.3, 0.4) is 0 Å². The summed E-state index contributed by atoms with van der Waals surface area (Å²) in [4.78, 5) is 0. The molecular formula is C16H17BrClN. The molecule has 1 nitrogen and oxygen atoms in total. The van der Waals surface area contributed by atoms with Gasteiger partial charge in [-0.3, -0.25) is 0 Å². The van der Waals surface area contributed by atoms with Gasteiger partial charge in [0, 0.05) is 16.2 Å². The van der Waals surface area contributed by atoms with Crippen molar-refractivity contribution in [3.05, 3.63) is 62.6 Å². The zero-order valence-corrected chi connectivity index (χ0v) is 13.6. The molecule has 0 amide bonds. The van der Waals surface area contributed by atoms with Crippen LogP contribution < -0.4 is 5.32 Å². The van der Waals surface area contributed by atoms with Gasteiger partial charge in [0.1, 0.15) is 0 Å². The second kappa shape index (κ2) is 5.98. The van der Waals surface area contributed by atoms with Crippen molar-refractivity contribution >= 4 is 33.2 Å². The molecule has 0 saturated heterocycles. The minimum atomic E-state index is 0.257. The van der Waals surface area contributed by atoms with Crippen molar-refractivity contribution in [2.45, 2.75) is 26.8 Å². The molecule has 0 fully saturated rings. The Morgan fingerprint density at radius 3 is 2.42 bits per heavy atom. The van der Waals surface area contributed by atoms with Crippen LogP contribution in [0.4, 0.5) is 5.69 Å². The molecule has 0 spiro atoms. The van der Waals surface area contributed by atoms with E-state index in [1.165, 1.54) is 16.7 Å². The van der Waals surface area contributed by atoms with Gasteiger partial charge in [0.2, 0.25) is 0 Å². The van der Waals surface area contributed by atoms with E-state index >= 15 is 0 Å². The molecule has 3 heteroatoms. The molecule has 0 aromatic heterocycles. The molecule has 0 aliphatic heterocycles. The molecule has 1 atom stereocenters. The van der Waals surface area contributed by atoms with Crippen LogP contribution in [-0.2, 0) is 0 Å². The monoisotopic (exact) mass is 337 g/mol. The molecule has 100 valence electrons. The van der Waals surface area contributed by atoms with Crippen LogP contribution in [0.15, 0.2) is 40.9 Å². The summed E-state index contributed by atoms with van der Waals surface area (Å²) in [6.45, 7) is 6.44. The normalized spacial score (nSPS) is 12.3. The zero-order chi connectivity index (χ0) is 14.0. The number of aryl methyl sites for hydroxylation is 2. The van der Waals surface area contributed by atoms with Gasteiger partial charge in [-0.1, -0.05) is 29.8 Å². The fourth-order valence-corrected chi connectivity index (χ4v) is 2.45. The van der Waals surface area contributed by atoms with E-state index in [9.17, 15) is 0 Å². The van der Waals surface area contributed by atoms with E-state index in [0.29, 0.717) is 0 Å². The minimum absolute atomic E-state index is 0.257. The fourth-order valence-electron chi connectivity index (χ4n) is 1.95. The molecular weight excluding hydrogens is 322 g/mol. The third-order valence-corrected chi connectivity index (χ3v) is 4.55. The molecule has 2 aromatic carbocycles. The summed E-state index contributed by atoms with van der Waals surface area (Å²) >= 11 is 9.44. The van der Waals surface area contributed by atoms with Gasteiger partial charge in [-0.25, -0.2) is 0 Å². The molecule has 2 aromatic rings. The van der Waals surface area contributed by atoms with Crippen LogP contribution in [0.1, 0.15) is 29.7 Å². The van der Waals surface area contributed by atoms with E-state index in [1.807, 2.05) is 18.2 Å². The first kappa shape index (κ1) is 14.4. The Morgan fingerprint density at radius 1 is 1.05 bits per heavy atom. The Hall–Kier alpha value is -0.990. The maximum atomic E-state index is 6.00. The molecule has 0 bridgehead atoms. The molecule has 0 radical (unpaired) electrons. The zero-order valence-electron chi connectivity index (χ0n) is 11.3. The number of hydrogen-bond acceptors (Lipinski definition) is 1. The number of hydrogen-bond donors (Lipinski definition) is 1. The van der Waals surface area contributed by atoms with Crippen LogP contribution in [0.2, 0.25) is 5.02 Å². The van der Waals surface area contributed by atoms with Crippen LogP contribution in [-0.4, -0.2) is 0 Å². The molecule has 1 unspecified atom stereocenters. The second-order valence-electron chi connectivity index (χ2n) is 4.84. The van der Waals surface area contributed by atoms with Gasteiger partial charge in [-0.05, 0) is 71.6 Å². The van der Waals surface area contributed by atoms with Crippen molar-refractivity contribution in [2.24, 2.45) is 0 Å². The standard InChI is InChI=1S/C16H17BrClN/c1-10-4-5-13(8-11(10)2)12(3)19-14-6-7-16(18)15(17)9-14/h4-9,12,19H,1-3H3. The maximum Gasteiger partial charge on any atom is 0.0549 e. The van der Waals surface area contributed by atoms with E-state index in [4.69, 9.17) is 11.6 Å². The minimum Gasteiger partial charge on any atom is -0.378 e. The summed E-state index contributed by atoms with van der Waals surface area (Å²) in [5.41, 5.74) is 4.99. The van der Waals surface area contributed by atoms with Crippen molar-refractivity contribution in [1.82, 2.24) is 0 Å². The predicted molar refractivity (Wildman–Crippen MR) is 87.1 cm³/mol. The topological polar surface area (TPSA) is 12.0 Å². The highest BCUT2D eigenvalue weighted by Crippen LogP contribution is 2.28. The molecule has 0 aliphatic rings. The van der Waals surface area contributed by atoms with Gasteiger partial charge in [0.05, 0.1) is 5.02 Å². The van der Waals surface area contributed by atoms with E-state index in [-0.39, 0.29) is 6.04 Å². The van der Waals surface area contributed by atoms with E-state index in [0.717, 1.165) is 15.2 Å².